The van der Waals surface area contributed by atoms with E-state index in [1.165, 1.54) is 12.0 Å². The van der Waals surface area contributed by atoms with Crippen molar-refractivity contribution in [1.82, 2.24) is 9.88 Å². The second kappa shape index (κ2) is 7.96. The molecule has 3 aromatic rings. The van der Waals surface area contributed by atoms with E-state index in [-0.39, 0.29) is 10.7 Å². The van der Waals surface area contributed by atoms with Gasteiger partial charge in [0.05, 0.1) is 12.8 Å². The molecular formula is C23H19N3O3S. The molecule has 1 fully saturated rings. The van der Waals surface area contributed by atoms with Crippen LogP contribution in [0.1, 0.15) is 11.3 Å². The van der Waals surface area contributed by atoms with Crippen molar-refractivity contribution < 1.29 is 14.3 Å². The van der Waals surface area contributed by atoms with Gasteiger partial charge >= 0.3 is 0 Å². The van der Waals surface area contributed by atoms with Gasteiger partial charge in [0.2, 0.25) is 0 Å². The molecule has 0 atom stereocenters. The lowest BCUT2D eigenvalue weighted by atomic mass is 10.1. The number of aromatic nitrogens is 1. The quantitative estimate of drug-likeness (QED) is 0.400. The van der Waals surface area contributed by atoms with Crippen molar-refractivity contribution in [2.24, 2.45) is 0 Å². The Labute approximate surface area is 179 Å². The number of carbonyl (C=O) groups is 2. The van der Waals surface area contributed by atoms with Crippen molar-refractivity contribution in [3.8, 4) is 11.4 Å². The lowest BCUT2D eigenvalue weighted by molar-refractivity contribution is -0.122. The van der Waals surface area contributed by atoms with Crippen LogP contribution in [0.2, 0.25) is 0 Å². The van der Waals surface area contributed by atoms with E-state index in [1.54, 1.807) is 30.3 Å². The zero-order valence-electron chi connectivity index (χ0n) is 16.5. The SMILES string of the molecule is COc1ccccc1N1C(=O)/C(=C/c2cccn2-c2cccc(C)c2)C(=O)NC1=S. The molecule has 0 radical (unpaired) electrons. The first-order valence-electron chi connectivity index (χ1n) is 9.28. The first-order chi connectivity index (χ1) is 14.5. The van der Waals surface area contributed by atoms with Gasteiger partial charge in [0.25, 0.3) is 11.8 Å². The lowest BCUT2D eigenvalue weighted by Gasteiger charge is -2.29. The van der Waals surface area contributed by atoms with Gasteiger partial charge in [0.15, 0.2) is 5.11 Å². The van der Waals surface area contributed by atoms with Gasteiger partial charge in [0, 0.05) is 17.6 Å². The monoisotopic (exact) mass is 417 g/mol. The van der Waals surface area contributed by atoms with Crippen LogP contribution in [0.5, 0.6) is 5.75 Å². The first-order valence-corrected chi connectivity index (χ1v) is 9.69. The maximum absolute atomic E-state index is 13.3. The number of rotatable bonds is 4. The molecule has 2 amide bonds. The Morgan fingerprint density at radius 2 is 1.83 bits per heavy atom. The fraction of sp³-hybridized carbons (Fsp3) is 0.0870. The Morgan fingerprint density at radius 1 is 1.03 bits per heavy atom. The van der Waals surface area contributed by atoms with Crippen molar-refractivity contribution in [1.29, 1.82) is 0 Å². The van der Waals surface area contributed by atoms with Crippen LogP contribution in [0.3, 0.4) is 0 Å². The summed E-state index contributed by atoms with van der Waals surface area (Å²) in [7, 11) is 1.51. The number of para-hydroxylation sites is 2. The molecule has 7 heteroatoms. The van der Waals surface area contributed by atoms with Gasteiger partial charge in [0.1, 0.15) is 11.3 Å². The summed E-state index contributed by atoms with van der Waals surface area (Å²) < 4.78 is 7.28. The van der Waals surface area contributed by atoms with Gasteiger partial charge in [-0.2, -0.15) is 0 Å². The zero-order valence-corrected chi connectivity index (χ0v) is 17.3. The summed E-state index contributed by atoms with van der Waals surface area (Å²) in [6, 6.07) is 18.7. The van der Waals surface area contributed by atoms with Crippen LogP contribution in [-0.2, 0) is 9.59 Å². The number of aryl methyl sites for hydroxylation is 1. The highest BCUT2D eigenvalue weighted by molar-refractivity contribution is 7.80. The standard InChI is InChI=1S/C23H19N3O3S/c1-15-7-5-8-16(13-15)25-12-6-9-17(25)14-18-21(27)24-23(30)26(22(18)28)19-10-3-4-11-20(19)29-2/h3-14H,1-2H3,(H,24,27,30)/b18-14+. The van der Waals surface area contributed by atoms with E-state index in [2.05, 4.69) is 5.32 Å². The van der Waals surface area contributed by atoms with Gasteiger partial charge in [-0.3, -0.25) is 14.9 Å². The molecular weight excluding hydrogens is 398 g/mol. The van der Waals surface area contributed by atoms with E-state index in [0.717, 1.165) is 11.3 Å². The largest absolute Gasteiger partial charge is 0.495 e. The summed E-state index contributed by atoms with van der Waals surface area (Å²) in [5.41, 5.74) is 3.20. The molecule has 30 heavy (non-hydrogen) atoms. The van der Waals surface area contributed by atoms with Crippen molar-refractivity contribution in [3.05, 3.63) is 83.7 Å². The summed E-state index contributed by atoms with van der Waals surface area (Å²) >= 11 is 5.27. The number of hydrogen-bond acceptors (Lipinski definition) is 4. The molecule has 0 saturated carbocycles. The van der Waals surface area contributed by atoms with E-state index in [9.17, 15) is 9.59 Å². The molecule has 1 aliphatic heterocycles. The molecule has 0 spiro atoms. The minimum Gasteiger partial charge on any atom is -0.495 e. The van der Waals surface area contributed by atoms with Crippen LogP contribution in [0.4, 0.5) is 5.69 Å². The van der Waals surface area contributed by atoms with Gasteiger partial charge < -0.3 is 9.30 Å². The van der Waals surface area contributed by atoms with Crippen LogP contribution in [0.15, 0.2) is 72.4 Å². The Kier molecular flexibility index (Phi) is 5.20. The zero-order chi connectivity index (χ0) is 21.3. The van der Waals surface area contributed by atoms with Crippen LogP contribution in [0, 0.1) is 6.92 Å². The molecule has 0 aliphatic carbocycles. The number of amides is 2. The molecule has 0 bridgehead atoms. The Balaban J connectivity index is 1.77. The third-order valence-electron chi connectivity index (χ3n) is 4.78. The second-order valence-corrected chi connectivity index (χ2v) is 7.16. The summed E-state index contributed by atoms with van der Waals surface area (Å²) in [6.45, 7) is 2.01. The van der Waals surface area contributed by atoms with Crippen LogP contribution >= 0.6 is 12.2 Å². The van der Waals surface area contributed by atoms with Gasteiger partial charge in [-0.15, -0.1) is 0 Å². The molecule has 2 heterocycles. The van der Waals surface area contributed by atoms with Gasteiger partial charge in [-0.25, -0.2) is 4.90 Å². The molecule has 1 aliphatic rings. The Morgan fingerprint density at radius 3 is 2.60 bits per heavy atom. The highest BCUT2D eigenvalue weighted by atomic mass is 32.1. The Hall–Kier alpha value is -3.71. The maximum Gasteiger partial charge on any atom is 0.270 e. The van der Waals surface area contributed by atoms with E-state index >= 15 is 0 Å². The molecule has 4 rings (SSSR count). The number of thiocarbonyl (C=S) groups is 1. The summed E-state index contributed by atoms with van der Waals surface area (Å²) in [6.07, 6.45) is 3.46. The van der Waals surface area contributed by atoms with Crippen LogP contribution in [-0.4, -0.2) is 28.6 Å². The van der Waals surface area contributed by atoms with Crippen molar-refractivity contribution in [2.75, 3.05) is 12.0 Å². The van der Waals surface area contributed by atoms with Crippen molar-refractivity contribution >= 4 is 40.9 Å². The summed E-state index contributed by atoms with van der Waals surface area (Å²) in [5.74, 6) is -0.565. The maximum atomic E-state index is 13.3. The first kappa shape index (κ1) is 19.6. The topological polar surface area (TPSA) is 63.6 Å². The number of benzene rings is 2. The van der Waals surface area contributed by atoms with Gasteiger partial charge in [-0.1, -0.05) is 24.3 Å². The average Bonchev–Trinajstić information content (AvgIpc) is 3.19. The molecule has 1 aromatic heterocycles. The summed E-state index contributed by atoms with van der Waals surface area (Å²) in [4.78, 5) is 27.2. The highest BCUT2D eigenvalue weighted by Crippen LogP contribution is 2.31. The second-order valence-electron chi connectivity index (χ2n) is 6.77. The smallest absolute Gasteiger partial charge is 0.270 e. The number of methoxy groups -OCH3 is 1. The third-order valence-corrected chi connectivity index (χ3v) is 5.06. The molecule has 6 nitrogen and oxygen atoms in total. The molecule has 0 unspecified atom stereocenters. The lowest BCUT2D eigenvalue weighted by Crippen LogP contribution is -2.54. The van der Waals surface area contributed by atoms with E-state index in [4.69, 9.17) is 17.0 Å². The van der Waals surface area contributed by atoms with E-state index < -0.39 is 11.8 Å². The summed E-state index contributed by atoms with van der Waals surface area (Å²) in [5, 5.41) is 2.62. The third kappa shape index (κ3) is 3.51. The predicted molar refractivity (Wildman–Crippen MR) is 120 cm³/mol. The average molecular weight is 417 g/mol. The molecule has 150 valence electrons. The van der Waals surface area contributed by atoms with Crippen LogP contribution in [0.25, 0.3) is 11.8 Å². The fourth-order valence-electron chi connectivity index (χ4n) is 3.36. The molecule has 1 N–H and O–H groups in total. The Bertz CT molecular complexity index is 1200. The van der Waals surface area contributed by atoms with Crippen molar-refractivity contribution in [3.63, 3.8) is 0 Å². The minimum absolute atomic E-state index is 0.0119. The number of nitrogens with zero attached hydrogens (tertiary/aromatic N) is 2. The minimum atomic E-state index is -0.534. The number of ether oxygens (including phenoxy) is 1. The van der Waals surface area contributed by atoms with E-state index in [1.807, 2.05) is 54.1 Å². The molecule has 1 saturated heterocycles. The van der Waals surface area contributed by atoms with Gasteiger partial charge in [-0.05, 0) is 67.2 Å². The predicted octanol–water partition coefficient (Wildman–Crippen LogP) is 3.63. The van der Waals surface area contributed by atoms with E-state index in [0.29, 0.717) is 17.1 Å². The number of nitrogens with one attached hydrogen (secondary N) is 1. The highest BCUT2D eigenvalue weighted by Gasteiger charge is 2.36. The van der Waals surface area contributed by atoms with Crippen molar-refractivity contribution in [2.45, 2.75) is 6.92 Å². The van der Waals surface area contributed by atoms with Crippen LogP contribution < -0.4 is 15.0 Å². The molecule has 2 aromatic carbocycles. The normalized spacial score (nSPS) is 15.5. The fourth-order valence-corrected chi connectivity index (χ4v) is 3.64. The number of carbonyl (C=O) groups excluding carboxylic acids is 2. The number of hydrogen-bond donors (Lipinski definition) is 1. The number of anilines is 1.